The van der Waals surface area contributed by atoms with Crippen LogP contribution >= 0.6 is 0 Å². The van der Waals surface area contributed by atoms with Gasteiger partial charge in [0.1, 0.15) is 0 Å². The maximum atomic E-state index is 14.5. The van der Waals surface area contributed by atoms with Gasteiger partial charge in [-0.1, -0.05) is 39.0 Å². The van der Waals surface area contributed by atoms with Gasteiger partial charge in [0, 0.05) is 5.56 Å². The summed E-state index contributed by atoms with van der Waals surface area (Å²) in [5, 5.41) is 0.0439. The second-order valence-corrected chi connectivity index (χ2v) is 12.8. The molecule has 0 saturated carbocycles. The first-order valence-electron chi connectivity index (χ1n) is 8.77. The smallest absolute Gasteiger partial charge is 0.381 e. The summed E-state index contributed by atoms with van der Waals surface area (Å²) in [6, 6.07) is 4.74. The molecule has 0 heterocycles. The fourth-order valence-electron chi connectivity index (χ4n) is 2.90. The van der Waals surface area contributed by atoms with Crippen molar-refractivity contribution in [3.63, 3.8) is 0 Å². The van der Waals surface area contributed by atoms with E-state index in [0.717, 1.165) is 5.56 Å². The molecule has 0 fully saturated rings. The van der Waals surface area contributed by atoms with E-state index in [2.05, 4.69) is 38.6 Å². The molecule has 0 amide bonds. The number of ether oxygens (including phenoxy) is 1. The molecule has 0 saturated heterocycles. The Morgan fingerprint density at radius 2 is 1.92 bits per heavy atom. The molecule has 0 radical (unpaired) electrons. The maximum absolute atomic E-state index is 14.5. The summed E-state index contributed by atoms with van der Waals surface area (Å²) in [5.41, 5.74) is 1.07. The van der Waals surface area contributed by atoms with Crippen molar-refractivity contribution in [3.05, 3.63) is 34.9 Å². The Bertz CT molecular complexity index is 651. The van der Waals surface area contributed by atoms with E-state index in [-0.39, 0.29) is 23.3 Å². The van der Waals surface area contributed by atoms with Crippen LogP contribution in [0.5, 0.6) is 0 Å². The Morgan fingerprint density at radius 3 is 2.48 bits per heavy atom. The molecule has 0 N–H and O–H groups in total. The van der Waals surface area contributed by atoms with E-state index in [4.69, 9.17) is 4.43 Å². The molecular formula is C19H28F2O3Si. The highest BCUT2D eigenvalue weighted by atomic mass is 28.4. The number of benzene rings is 1. The summed E-state index contributed by atoms with van der Waals surface area (Å²) in [4.78, 5) is 11.7. The molecular weight excluding hydrogens is 342 g/mol. The van der Waals surface area contributed by atoms with Crippen LogP contribution in [0.3, 0.4) is 0 Å². The minimum Gasteiger partial charge on any atom is -0.461 e. The van der Waals surface area contributed by atoms with Crippen LogP contribution in [0.25, 0.3) is 0 Å². The average Bonchev–Trinajstić information content (AvgIpc) is 2.88. The quantitative estimate of drug-likeness (QED) is 0.518. The molecule has 140 valence electrons. The zero-order chi connectivity index (χ0) is 19.0. The van der Waals surface area contributed by atoms with E-state index in [1.165, 1.54) is 13.0 Å². The van der Waals surface area contributed by atoms with Gasteiger partial charge in [-0.05, 0) is 49.0 Å². The molecule has 2 rings (SSSR count). The maximum Gasteiger partial charge on any atom is 0.381 e. The zero-order valence-corrected chi connectivity index (χ0v) is 16.9. The van der Waals surface area contributed by atoms with Crippen molar-refractivity contribution in [3.8, 4) is 0 Å². The Labute approximate surface area is 149 Å². The minimum atomic E-state index is -3.63. The number of halogens is 2. The molecule has 0 bridgehead atoms. The van der Waals surface area contributed by atoms with E-state index in [1.807, 2.05) is 6.07 Å². The number of alkyl halides is 2. The van der Waals surface area contributed by atoms with Crippen molar-refractivity contribution in [1.82, 2.24) is 0 Å². The largest absolute Gasteiger partial charge is 0.461 e. The van der Waals surface area contributed by atoms with Gasteiger partial charge in [-0.2, -0.15) is 8.78 Å². The molecule has 1 aromatic carbocycles. The molecule has 1 aliphatic carbocycles. The SMILES string of the molecule is CCOC(=O)C(F)(F)c1cccc2c1CCC2O[Si](C)(C)C(C)(C)C. The van der Waals surface area contributed by atoms with E-state index in [1.54, 1.807) is 6.07 Å². The average molecular weight is 371 g/mol. The standard InChI is InChI=1S/C19H28F2O3Si/c1-7-23-17(22)19(20,21)15-10-8-9-14-13(15)11-12-16(14)24-25(5,6)18(2,3)4/h8-10,16H,7,11-12H2,1-6H3. The molecule has 0 aliphatic heterocycles. The van der Waals surface area contributed by atoms with Gasteiger partial charge in [0.25, 0.3) is 0 Å². The third-order valence-electron chi connectivity index (χ3n) is 5.33. The first-order chi connectivity index (χ1) is 11.4. The van der Waals surface area contributed by atoms with E-state index < -0.39 is 20.2 Å². The Balaban J connectivity index is 2.35. The van der Waals surface area contributed by atoms with E-state index >= 15 is 0 Å². The van der Waals surface area contributed by atoms with Crippen molar-refractivity contribution < 1.29 is 22.7 Å². The number of esters is 1. The predicted octanol–water partition coefficient (Wildman–Crippen LogP) is 5.35. The number of carbonyl (C=O) groups is 1. The van der Waals surface area contributed by atoms with E-state index in [0.29, 0.717) is 18.4 Å². The summed E-state index contributed by atoms with van der Waals surface area (Å²) < 4.78 is 40.1. The highest BCUT2D eigenvalue weighted by molar-refractivity contribution is 6.74. The molecule has 0 aromatic heterocycles. The van der Waals surface area contributed by atoms with Crippen LogP contribution in [0.1, 0.15) is 56.9 Å². The Kier molecular flexibility index (Phi) is 5.45. The molecule has 25 heavy (non-hydrogen) atoms. The minimum absolute atomic E-state index is 0.0439. The second-order valence-electron chi connectivity index (χ2n) is 8.07. The van der Waals surface area contributed by atoms with Crippen molar-refractivity contribution in [2.45, 2.75) is 70.7 Å². The summed E-state index contributed by atoms with van der Waals surface area (Å²) in [5.74, 6) is -5.12. The summed E-state index contributed by atoms with van der Waals surface area (Å²) in [6.07, 6.45) is 0.964. The lowest BCUT2D eigenvalue weighted by Gasteiger charge is -2.38. The first-order valence-corrected chi connectivity index (χ1v) is 11.7. The Morgan fingerprint density at radius 1 is 1.28 bits per heavy atom. The number of hydrogen-bond acceptors (Lipinski definition) is 3. The number of hydrogen-bond donors (Lipinski definition) is 0. The highest BCUT2D eigenvalue weighted by Crippen LogP contribution is 2.46. The van der Waals surface area contributed by atoms with E-state index in [9.17, 15) is 13.6 Å². The van der Waals surface area contributed by atoms with Crippen molar-refractivity contribution >= 4 is 14.3 Å². The van der Waals surface area contributed by atoms with Gasteiger partial charge in [0.05, 0.1) is 12.7 Å². The number of carbonyl (C=O) groups excluding carboxylic acids is 1. The number of rotatable bonds is 5. The van der Waals surface area contributed by atoms with Gasteiger partial charge in [0.2, 0.25) is 0 Å². The van der Waals surface area contributed by atoms with Crippen LogP contribution in [0.15, 0.2) is 18.2 Å². The molecule has 3 nitrogen and oxygen atoms in total. The van der Waals surface area contributed by atoms with Crippen molar-refractivity contribution in [1.29, 1.82) is 0 Å². The molecule has 6 heteroatoms. The molecule has 1 unspecified atom stereocenters. The second kappa shape index (κ2) is 6.80. The van der Waals surface area contributed by atoms with Crippen molar-refractivity contribution in [2.24, 2.45) is 0 Å². The normalized spacial score (nSPS) is 18.2. The van der Waals surface area contributed by atoms with Gasteiger partial charge in [-0.3, -0.25) is 0 Å². The zero-order valence-electron chi connectivity index (χ0n) is 15.9. The van der Waals surface area contributed by atoms with Crippen LogP contribution < -0.4 is 0 Å². The molecule has 0 spiro atoms. The van der Waals surface area contributed by atoms with Gasteiger partial charge >= 0.3 is 11.9 Å². The predicted molar refractivity (Wildman–Crippen MR) is 96.3 cm³/mol. The first kappa shape index (κ1) is 20.0. The summed E-state index contributed by atoms with van der Waals surface area (Å²) >= 11 is 0. The van der Waals surface area contributed by atoms with Gasteiger partial charge in [0.15, 0.2) is 8.32 Å². The molecule has 1 aliphatic rings. The third kappa shape index (κ3) is 3.79. The lowest BCUT2D eigenvalue weighted by Crippen LogP contribution is -2.41. The van der Waals surface area contributed by atoms with Crippen LogP contribution in [0.4, 0.5) is 8.78 Å². The lowest BCUT2D eigenvalue weighted by atomic mass is 9.98. The lowest BCUT2D eigenvalue weighted by molar-refractivity contribution is -0.173. The van der Waals surface area contributed by atoms with Crippen LogP contribution in [0.2, 0.25) is 18.1 Å². The topological polar surface area (TPSA) is 35.5 Å². The van der Waals surface area contributed by atoms with Crippen LogP contribution in [-0.2, 0) is 26.3 Å². The highest BCUT2D eigenvalue weighted by Gasteiger charge is 2.47. The van der Waals surface area contributed by atoms with Gasteiger partial charge in [-0.25, -0.2) is 4.79 Å². The summed E-state index contributed by atoms with van der Waals surface area (Å²) in [7, 11) is -2.02. The van der Waals surface area contributed by atoms with Crippen LogP contribution in [-0.4, -0.2) is 20.9 Å². The molecule has 1 atom stereocenters. The summed E-state index contributed by atoms with van der Waals surface area (Å²) in [6.45, 7) is 12.2. The molecule has 1 aromatic rings. The fraction of sp³-hybridized carbons (Fsp3) is 0.632. The van der Waals surface area contributed by atoms with Gasteiger partial charge in [-0.15, -0.1) is 0 Å². The van der Waals surface area contributed by atoms with Gasteiger partial charge < -0.3 is 9.16 Å². The monoisotopic (exact) mass is 370 g/mol. The Hall–Kier alpha value is -1.27. The van der Waals surface area contributed by atoms with Crippen LogP contribution in [0, 0.1) is 0 Å². The third-order valence-corrected chi connectivity index (χ3v) is 9.81. The fourth-order valence-corrected chi connectivity index (χ4v) is 4.21. The number of fused-ring (bicyclic) bond motifs is 1. The van der Waals surface area contributed by atoms with Crippen molar-refractivity contribution in [2.75, 3.05) is 6.61 Å².